The van der Waals surface area contributed by atoms with Crippen LogP contribution in [0, 0.1) is 0 Å². The van der Waals surface area contributed by atoms with Crippen LogP contribution in [-0.2, 0) is 4.74 Å². The molecule has 1 saturated carbocycles. The van der Waals surface area contributed by atoms with Crippen LogP contribution in [0.2, 0.25) is 0 Å². The van der Waals surface area contributed by atoms with Gasteiger partial charge >= 0.3 is 6.09 Å². The van der Waals surface area contributed by atoms with Gasteiger partial charge in [0, 0.05) is 31.4 Å². The van der Waals surface area contributed by atoms with Crippen LogP contribution < -0.4 is 10.6 Å². The summed E-state index contributed by atoms with van der Waals surface area (Å²) in [7, 11) is 0. The maximum Gasteiger partial charge on any atom is 0.409 e. The third-order valence-corrected chi connectivity index (χ3v) is 5.18. The minimum atomic E-state index is -0.256. The van der Waals surface area contributed by atoms with E-state index >= 15 is 0 Å². The quantitative estimate of drug-likeness (QED) is 0.821. The lowest BCUT2D eigenvalue weighted by atomic mass is 9.95. The molecule has 0 bridgehead atoms. The number of likely N-dealkylation sites (tertiary alicyclic amines) is 1. The highest BCUT2D eigenvalue weighted by Gasteiger charge is 2.24. The number of rotatable bonds is 5. The molecular weight excluding hydrogens is 346 g/mol. The Morgan fingerprint density at radius 3 is 2.59 bits per heavy atom. The lowest BCUT2D eigenvalue weighted by molar-refractivity contribution is 0.0920. The zero-order chi connectivity index (χ0) is 19.1. The van der Waals surface area contributed by atoms with Crippen molar-refractivity contribution in [1.82, 2.24) is 20.2 Å². The number of amides is 2. The molecule has 1 aromatic rings. The van der Waals surface area contributed by atoms with E-state index in [1.54, 1.807) is 24.1 Å². The molecule has 1 aliphatic heterocycles. The third kappa shape index (κ3) is 5.55. The van der Waals surface area contributed by atoms with E-state index in [-0.39, 0.29) is 24.1 Å². The molecule has 3 rings (SSSR count). The van der Waals surface area contributed by atoms with Crippen LogP contribution in [0.3, 0.4) is 0 Å². The Balaban J connectivity index is 1.50. The number of nitrogens with zero attached hydrogens (tertiary/aromatic N) is 3. The topological polar surface area (TPSA) is 96.5 Å². The fraction of sp³-hybridized carbons (Fsp3) is 0.684. The molecule has 0 aromatic carbocycles. The van der Waals surface area contributed by atoms with Crippen LogP contribution in [-0.4, -0.2) is 58.6 Å². The summed E-state index contributed by atoms with van der Waals surface area (Å²) in [6.07, 6.45) is 8.62. The summed E-state index contributed by atoms with van der Waals surface area (Å²) < 4.78 is 5.04. The summed E-state index contributed by atoms with van der Waals surface area (Å²) >= 11 is 0. The molecule has 0 spiro atoms. The van der Waals surface area contributed by atoms with Gasteiger partial charge in [-0.3, -0.25) is 4.79 Å². The molecule has 8 nitrogen and oxygen atoms in total. The molecule has 2 heterocycles. The van der Waals surface area contributed by atoms with E-state index in [0.29, 0.717) is 31.3 Å². The average molecular weight is 375 g/mol. The molecule has 8 heteroatoms. The van der Waals surface area contributed by atoms with Crippen molar-refractivity contribution in [2.75, 3.05) is 25.0 Å². The van der Waals surface area contributed by atoms with E-state index in [2.05, 4.69) is 20.6 Å². The van der Waals surface area contributed by atoms with Crippen LogP contribution in [0.25, 0.3) is 0 Å². The number of anilines is 1. The first-order valence-corrected chi connectivity index (χ1v) is 9.98. The Morgan fingerprint density at radius 2 is 1.89 bits per heavy atom. The second-order valence-electron chi connectivity index (χ2n) is 7.18. The molecule has 148 valence electrons. The number of hydrogen-bond donors (Lipinski definition) is 2. The van der Waals surface area contributed by atoms with Gasteiger partial charge in [0.25, 0.3) is 5.91 Å². The number of aromatic nitrogens is 2. The predicted molar refractivity (Wildman–Crippen MR) is 102 cm³/mol. The second kappa shape index (κ2) is 9.53. The monoisotopic (exact) mass is 375 g/mol. The van der Waals surface area contributed by atoms with E-state index in [1.165, 1.54) is 19.3 Å². The molecule has 0 atom stereocenters. The number of carbonyl (C=O) groups excluding carboxylic acids is 2. The van der Waals surface area contributed by atoms with Crippen LogP contribution in [0.15, 0.2) is 12.3 Å². The zero-order valence-corrected chi connectivity index (χ0v) is 15.9. The van der Waals surface area contributed by atoms with Gasteiger partial charge in [-0.05, 0) is 38.7 Å². The minimum Gasteiger partial charge on any atom is -0.450 e. The number of carbonyl (C=O) groups is 2. The second-order valence-corrected chi connectivity index (χ2v) is 7.18. The summed E-state index contributed by atoms with van der Waals surface area (Å²) in [4.78, 5) is 34.5. The van der Waals surface area contributed by atoms with Crippen LogP contribution in [0.1, 0.15) is 62.4 Å². The lowest BCUT2D eigenvalue weighted by Gasteiger charge is -2.31. The van der Waals surface area contributed by atoms with Crippen molar-refractivity contribution in [1.29, 1.82) is 0 Å². The van der Waals surface area contributed by atoms with Crippen molar-refractivity contribution in [2.45, 2.75) is 64.0 Å². The van der Waals surface area contributed by atoms with E-state index in [0.717, 1.165) is 25.7 Å². The Labute approximate surface area is 160 Å². The zero-order valence-electron chi connectivity index (χ0n) is 15.9. The van der Waals surface area contributed by atoms with E-state index < -0.39 is 0 Å². The van der Waals surface area contributed by atoms with Crippen LogP contribution in [0.4, 0.5) is 10.7 Å². The fourth-order valence-electron chi connectivity index (χ4n) is 3.66. The lowest BCUT2D eigenvalue weighted by Crippen LogP contribution is -2.42. The largest absolute Gasteiger partial charge is 0.450 e. The summed E-state index contributed by atoms with van der Waals surface area (Å²) in [5.74, 6) is 0.324. The average Bonchev–Trinajstić information content (AvgIpc) is 2.70. The summed E-state index contributed by atoms with van der Waals surface area (Å²) in [5.41, 5.74) is 0.391. The molecule has 1 aliphatic carbocycles. The Morgan fingerprint density at radius 1 is 1.15 bits per heavy atom. The first-order valence-electron chi connectivity index (χ1n) is 9.98. The molecule has 27 heavy (non-hydrogen) atoms. The van der Waals surface area contributed by atoms with E-state index in [9.17, 15) is 9.59 Å². The summed E-state index contributed by atoms with van der Waals surface area (Å²) in [6, 6.07) is 2.07. The summed E-state index contributed by atoms with van der Waals surface area (Å²) in [5, 5.41) is 6.37. The molecule has 1 saturated heterocycles. The van der Waals surface area contributed by atoms with Gasteiger partial charge in [-0.1, -0.05) is 19.3 Å². The number of ether oxygens (including phenoxy) is 1. The highest BCUT2D eigenvalue weighted by molar-refractivity contribution is 5.92. The number of hydrogen-bond acceptors (Lipinski definition) is 6. The van der Waals surface area contributed by atoms with E-state index in [1.807, 2.05) is 0 Å². The Hall–Kier alpha value is -2.38. The molecule has 2 N–H and O–H groups in total. The smallest absolute Gasteiger partial charge is 0.409 e. The first kappa shape index (κ1) is 19.4. The van der Waals surface area contributed by atoms with Crippen molar-refractivity contribution >= 4 is 17.9 Å². The van der Waals surface area contributed by atoms with Gasteiger partial charge in [-0.2, -0.15) is 0 Å². The fourth-order valence-corrected chi connectivity index (χ4v) is 3.66. The van der Waals surface area contributed by atoms with Crippen molar-refractivity contribution in [2.24, 2.45) is 0 Å². The summed E-state index contributed by atoms with van der Waals surface area (Å²) in [6.45, 7) is 3.47. The van der Waals surface area contributed by atoms with Crippen molar-refractivity contribution in [3.63, 3.8) is 0 Å². The molecule has 2 fully saturated rings. The van der Waals surface area contributed by atoms with Crippen LogP contribution >= 0.6 is 0 Å². The van der Waals surface area contributed by atoms with Gasteiger partial charge in [-0.15, -0.1) is 0 Å². The molecule has 0 unspecified atom stereocenters. The highest BCUT2D eigenvalue weighted by Crippen LogP contribution is 2.18. The predicted octanol–water partition coefficient (Wildman–Crippen LogP) is 2.57. The van der Waals surface area contributed by atoms with Crippen molar-refractivity contribution in [3.8, 4) is 0 Å². The maximum atomic E-state index is 12.4. The molecular formula is C19H29N5O3. The van der Waals surface area contributed by atoms with Gasteiger partial charge in [0.2, 0.25) is 5.95 Å². The van der Waals surface area contributed by atoms with Crippen molar-refractivity contribution in [3.05, 3.63) is 18.0 Å². The number of nitrogens with one attached hydrogen (secondary N) is 2. The van der Waals surface area contributed by atoms with Crippen molar-refractivity contribution < 1.29 is 14.3 Å². The van der Waals surface area contributed by atoms with Crippen LogP contribution in [0.5, 0.6) is 0 Å². The molecule has 0 radical (unpaired) electrons. The van der Waals surface area contributed by atoms with Gasteiger partial charge < -0.3 is 20.3 Å². The van der Waals surface area contributed by atoms with Gasteiger partial charge in [0.15, 0.2) is 0 Å². The molecule has 2 amide bonds. The van der Waals surface area contributed by atoms with Gasteiger partial charge in [0.05, 0.1) is 6.61 Å². The third-order valence-electron chi connectivity index (χ3n) is 5.18. The number of piperidine rings is 1. The maximum absolute atomic E-state index is 12.4. The van der Waals surface area contributed by atoms with E-state index in [4.69, 9.17) is 4.74 Å². The standard InChI is InChI=1S/C19H29N5O3/c1-2-27-19(26)24-12-9-15(10-13-24)22-18-20-11-8-16(23-18)17(25)21-14-6-4-3-5-7-14/h8,11,14-15H,2-7,9-10,12-13H2,1H3,(H,21,25)(H,20,22,23). The molecule has 1 aromatic heterocycles. The molecule has 2 aliphatic rings. The Kier molecular flexibility index (Phi) is 6.84. The van der Waals surface area contributed by atoms with Gasteiger partial charge in [-0.25, -0.2) is 14.8 Å². The Bertz CT molecular complexity index is 640. The normalized spacial score (nSPS) is 18.8. The van der Waals surface area contributed by atoms with Gasteiger partial charge in [0.1, 0.15) is 5.69 Å². The minimum absolute atomic E-state index is 0.135. The SMILES string of the molecule is CCOC(=O)N1CCC(Nc2nccc(C(=O)NC3CCCCC3)n2)CC1. The highest BCUT2D eigenvalue weighted by atomic mass is 16.6. The first-order chi connectivity index (χ1) is 13.2.